The fraction of sp³-hybridized carbons (Fsp3) is 1.00. The molecule has 16 heavy (non-hydrogen) atoms. The summed E-state index contributed by atoms with van der Waals surface area (Å²) >= 11 is 5.03. The third-order valence-corrected chi connectivity index (χ3v) is 4.40. The monoisotopic (exact) mass is 452 g/mol. The average molecular weight is 452 g/mol. The number of nitrogens with one attached hydrogen (secondary N) is 1. The van der Waals surface area contributed by atoms with Crippen molar-refractivity contribution in [3.8, 4) is 0 Å². The molecule has 0 aromatic carbocycles. The van der Waals surface area contributed by atoms with Gasteiger partial charge in [0.1, 0.15) is 0 Å². The standard InChI is InChI=1S/C12H26I2N2/c13-8-5-3-1-2-4-7-12(14)11-16-10-6-9-15/h12,16H,1-11,15H2. The highest BCUT2D eigenvalue weighted by Gasteiger charge is 2.02. The van der Waals surface area contributed by atoms with Gasteiger partial charge in [-0.1, -0.05) is 70.9 Å². The van der Waals surface area contributed by atoms with Crippen molar-refractivity contribution in [1.82, 2.24) is 5.32 Å². The van der Waals surface area contributed by atoms with Crippen LogP contribution in [-0.4, -0.2) is 28.0 Å². The van der Waals surface area contributed by atoms with Gasteiger partial charge in [0.15, 0.2) is 0 Å². The van der Waals surface area contributed by atoms with E-state index in [1.54, 1.807) is 0 Å². The van der Waals surface area contributed by atoms with Crippen molar-refractivity contribution in [1.29, 1.82) is 0 Å². The van der Waals surface area contributed by atoms with Crippen molar-refractivity contribution in [2.24, 2.45) is 5.73 Å². The molecule has 3 N–H and O–H groups in total. The summed E-state index contributed by atoms with van der Waals surface area (Å²) in [6, 6.07) is 0. The van der Waals surface area contributed by atoms with Crippen LogP contribution in [-0.2, 0) is 0 Å². The first kappa shape index (κ1) is 17.4. The summed E-state index contributed by atoms with van der Waals surface area (Å²) in [7, 11) is 0. The molecule has 1 atom stereocenters. The number of alkyl halides is 2. The molecular formula is C12H26I2N2. The van der Waals surface area contributed by atoms with E-state index in [1.165, 1.54) is 43.0 Å². The second-order valence-corrected chi connectivity index (χ2v) is 7.03. The quantitative estimate of drug-likeness (QED) is 0.270. The van der Waals surface area contributed by atoms with Gasteiger partial charge >= 0.3 is 0 Å². The van der Waals surface area contributed by atoms with Gasteiger partial charge < -0.3 is 11.1 Å². The zero-order valence-electron chi connectivity index (χ0n) is 10.2. The van der Waals surface area contributed by atoms with Gasteiger partial charge in [-0.05, 0) is 36.8 Å². The molecule has 98 valence electrons. The highest BCUT2D eigenvalue weighted by Crippen LogP contribution is 2.12. The molecular weight excluding hydrogens is 426 g/mol. The molecule has 1 unspecified atom stereocenters. The smallest absolute Gasteiger partial charge is 0.0234 e. The fourth-order valence-corrected chi connectivity index (χ4v) is 2.87. The summed E-state index contributed by atoms with van der Waals surface area (Å²) in [5, 5.41) is 3.46. The van der Waals surface area contributed by atoms with Gasteiger partial charge in [-0.2, -0.15) is 0 Å². The van der Waals surface area contributed by atoms with Crippen LogP contribution in [0.5, 0.6) is 0 Å². The topological polar surface area (TPSA) is 38.0 Å². The molecule has 0 fully saturated rings. The maximum absolute atomic E-state index is 5.44. The predicted octanol–water partition coefficient (Wildman–Crippen LogP) is 3.50. The van der Waals surface area contributed by atoms with Gasteiger partial charge in [0, 0.05) is 10.5 Å². The van der Waals surface area contributed by atoms with E-state index in [0.29, 0.717) is 0 Å². The van der Waals surface area contributed by atoms with Gasteiger partial charge in [0.2, 0.25) is 0 Å². The van der Waals surface area contributed by atoms with E-state index in [4.69, 9.17) is 5.73 Å². The van der Waals surface area contributed by atoms with E-state index in [-0.39, 0.29) is 0 Å². The molecule has 0 aliphatic carbocycles. The Morgan fingerprint density at radius 3 is 2.38 bits per heavy atom. The highest BCUT2D eigenvalue weighted by atomic mass is 127. The highest BCUT2D eigenvalue weighted by molar-refractivity contribution is 14.1. The molecule has 0 aromatic heterocycles. The molecule has 0 spiro atoms. The Morgan fingerprint density at radius 1 is 1.00 bits per heavy atom. The molecule has 0 aromatic rings. The van der Waals surface area contributed by atoms with Crippen LogP contribution >= 0.6 is 45.2 Å². The van der Waals surface area contributed by atoms with Crippen molar-refractivity contribution >= 4 is 45.2 Å². The second kappa shape index (κ2) is 14.4. The minimum absolute atomic E-state index is 0.792. The molecule has 0 heterocycles. The molecule has 0 aliphatic rings. The zero-order valence-corrected chi connectivity index (χ0v) is 14.5. The van der Waals surface area contributed by atoms with Crippen molar-refractivity contribution in [3.63, 3.8) is 0 Å². The van der Waals surface area contributed by atoms with Crippen molar-refractivity contribution < 1.29 is 0 Å². The van der Waals surface area contributed by atoms with Crippen molar-refractivity contribution in [3.05, 3.63) is 0 Å². The summed E-state index contributed by atoms with van der Waals surface area (Å²) in [5.74, 6) is 0. The van der Waals surface area contributed by atoms with Crippen LogP contribution in [0.4, 0.5) is 0 Å². The SMILES string of the molecule is NCCCNCC(I)CCCCCCCI. The molecule has 0 saturated heterocycles. The van der Waals surface area contributed by atoms with Crippen LogP contribution in [0.1, 0.15) is 44.9 Å². The number of halogens is 2. The third-order valence-electron chi connectivity index (χ3n) is 2.57. The normalized spacial score (nSPS) is 12.9. The lowest BCUT2D eigenvalue weighted by Crippen LogP contribution is -2.25. The largest absolute Gasteiger partial charge is 0.330 e. The van der Waals surface area contributed by atoms with Crippen molar-refractivity contribution in [2.75, 3.05) is 24.1 Å². The first-order chi connectivity index (χ1) is 7.81. The first-order valence-corrected chi connectivity index (χ1v) is 9.19. The van der Waals surface area contributed by atoms with E-state index in [0.717, 1.165) is 30.0 Å². The van der Waals surface area contributed by atoms with Gasteiger partial charge in [-0.3, -0.25) is 0 Å². The van der Waals surface area contributed by atoms with Gasteiger partial charge in [0.05, 0.1) is 0 Å². The molecule has 0 bridgehead atoms. The number of hydrogen-bond donors (Lipinski definition) is 2. The van der Waals surface area contributed by atoms with Gasteiger partial charge in [0.25, 0.3) is 0 Å². The Morgan fingerprint density at radius 2 is 1.69 bits per heavy atom. The van der Waals surface area contributed by atoms with Crippen LogP contribution in [0.2, 0.25) is 0 Å². The number of nitrogens with two attached hydrogens (primary N) is 1. The van der Waals surface area contributed by atoms with Crippen LogP contribution in [0.15, 0.2) is 0 Å². The number of rotatable bonds is 12. The molecule has 0 aliphatic heterocycles. The maximum Gasteiger partial charge on any atom is 0.0234 e. The summed E-state index contributed by atoms with van der Waals surface area (Å²) in [4.78, 5) is 0. The molecule has 0 radical (unpaired) electrons. The lowest BCUT2D eigenvalue weighted by atomic mass is 10.1. The third kappa shape index (κ3) is 13.4. The first-order valence-electron chi connectivity index (χ1n) is 6.42. The van der Waals surface area contributed by atoms with E-state index in [2.05, 4.69) is 50.5 Å². The van der Waals surface area contributed by atoms with Gasteiger partial charge in [-0.15, -0.1) is 0 Å². The summed E-state index contributed by atoms with van der Waals surface area (Å²) in [5.41, 5.74) is 5.44. The lowest BCUT2D eigenvalue weighted by Gasteiger charge is -2.10. The molecule has 0 amide bonds. The minimum Gasteiger partial charge on any atom is -0.330 e. The van der Waals surface area contributed by atoms with E-state index < -0.39 is 0 Å². The van der Waals surface area contributed by atoms with E-state index in [9.17, 15) is 0 Å². The molecule has 4 heteroatoms. The molecule has 0 saturated carbocycles. The Bertz CT molecular complexity index is 134. The van der Waals surface area contributed by atoms with Crippen LogP contribution in [0.25, 0.3) is 0 Å². The summed E-state index contributed by atoms with van der Waals surface area (Å²) < 4.78 is 2.11. The van der Waals surface area contributed by atoms with Crippen molar-refractivity contribution in [2.45, 2.75) is 48.9 Å². The zero-order chi connectivity index (χ0) is 12.1. The number of unbranched alkanes of at least 4 members (excludes halogenated alkanes) is 4. The predicted molar refractivity (Wildman–Crippen MR) is 90.9 cm³/mol. The van der Waals surface area contributed by atoms with Crippen LogP contribution < -0.4 is 11.1 Å². The Labute approximate surface area is 128 Å². The maximum atomic E-state index is 5.44. The fourth-order valence-electron chi connectivity index (χ4n) is 1.58. The summed E-state index contributed by atoms with van der Waals surface area (Å²) in [6.45, 7) is 3.02. The molecule has 0 rings (SSSR count). The Kier molecular flexibility index (Phi) is 15.7. The Balaban J connectivity index is 3.08. The Hall–Kier alpha value is 1.38. The van der Waals surface area contributed by atoms with E-state index in [1.807, 2.05) is 0 Å². The van der Waals surface area contributed by atoms with Crippen LogP contribution in [0, 0.1) is 0 Å². The van der Waals surface area contributed by atoms with Crippen LogP contribution in [0.3, 0.4) is 0 Å². The summed E-state index contributed by atoms with van der Waals surface area (Å²) in [6.07, 6.45) is 9.51. The lowest BCUT2D eigenvalue weighted by molar-refractivity contribution is 0.577. The number of hydrogen-bond acceptors (Lipinski definition) is 2. The van der Waals surface area contributed by atoms with Gasteiger partial charge in [-0.25, -0.2) is 0 Å². The minimum atomic E-state index is 0.792. The average Bonchev–Trinajstić information content (AvgIpc) is 2.29. The second-order valence-electron chi connectivity index (χ2n) is 4.19. The molecule has 2 nitrogen and oxygen atoms in total. The van der Waals surface area contributed by atoms with E-state index >= 15 is 0 Å².